The molecule has 2 bridgehead atoms. The Morgan fingerprint density at radius 1 is 1.43 bits per heavy atom. The number of rotatable bonds is 4. The fraction of sp³-hybridized carbons (Fsp3) is 0.706. The van der Waals surface area contributed by atoms with Crippen LogP contribution in [-0.2, 0) is 11.3 Å². The van der Waals surface area contributed by atoms with Gasteiger partial charge < -0.3 is 10.6 Å². The molecule has 116 valence electrons. The second-order valence-electron chi connectivity index (χ2n) is 7.48. The topological polar surface area (TPSA) is 41.1 Å². The lowest BCUT2D eigenvalue weighted by molar-refractivity contribution is -0.114. The van der Waals surface area contributed by atoms with E-state index in [1.807, 2.05) is 6.07 Å². The van der Waals surface area contributed by atoms with Crippen molar-refractivity contribution in [3.8, 4) is 0 Å². The van der Waals surface area contributed by atoms with E-state index < -0.39 is 0 Å². The zero-order valence-corrected chi connectivity index (χ0v) is 14.3. The minimum absolute atomic E-state index is 0.00247. The summed E-state index contributed by atoms with van der Waals surface area (Å²) in [6, 6.07) is 2.59. The maximum absolute atomic E-state index is 11.2. The lowest BCUT2D eigenvalue weighted by Gasteiger charge is -2.39. The van der Waals surface area contributed by atoms with Gasteiger partial charge in [-0.1, -0.05) is 20.8 Å². The van der Waals surface area contributed by atoms with Crippen LogP contribution in [0, 0.1) is 16.7 Å². The van der Waals surface area contributed by atoms with Crippen LogP contribution < -0.4 is 10.6 Å². The molecule has 21 heavy (non-hydrogen) atoms. The molecule has 2 N–H and O–H groups in total. The van der Waals surface area contributed by atoms with Crippen molar-refractivity contribution in [2.45, 2.75) is 59.5 Å². The van der Waals surface area contributed by atoms with Gasteiger partial charge in [0.05, 0.1) is 5.69 Å². The van der Waals surface area contributed by atoms with E-state index >= 15 is 0 Å². The van der Waals surface area contributed by atoms with Crippen molar-refractivity contribution in [1.82, 2.24) is 5.32 Å². The molecular formula is C17H26N2OS. The summed E-state index contributed by atoms with van der Waals surface area (Å²) in [5.41, 5.74) is 1.82. The third kappa shape index (κ3) is 2.33. The average molecular weight is 306 g/mol. The van der Waals surface area contributed by atoms with Crippen LogP contribution in [0.2, 0.25) is 0 Å². The quantitative estimate of drug-likeness (QED) is 0.882. The molecule has 3 rings (SSSR count). The summed E-state index contributed by atoms with van der Waals surface area (Å²) < 4.78 is 0. The van der Waals surface area contributed by atoms with Crippen LogP contribution >= 0.6 is 11.3 Å². The monoisotopic (exact) mass is 306 g/mol. The van der Waals surface area contributed by atoms with Gasteiger partial charge in [-0.25, -0.2) is 0 Å². The van der Waals surface area contributed by atoms with Gasteiger partial charge in [0.2, 0.25) is 5.91 Å². The van der Waals surface area contributed by atoms with Gasteiger partial charge in [-0.05, 0) is 47.5 Å². The molecule has 0 aliphatic heterocycles. The Hall–Kier alpha value is -0.870. The first-order valence-corrected chi connectivity index (χ1v) is 8.80. The Labute approximate surface area is 131 Å². The highest BCUT2D eigenvalue weighted by atomic mass is 32.1. The SMILES string of the molecule is CC(=O)Nc1ccsc1CNC1CC2CCC1(C)C2(C)C. The molecule has 0 saturated heterocycles. The number of hydrogen-bond acceptors (Lipinski definition) is 3. The van der Waals surface area contributed by atoms with Crippen LogP contribution in [0.25, 0.3) is 0 Å². The number of hydrogen-bond donors (Lipinski definition) is 2. The number of carbonyl (C=O) groups excluding carboxylic acids is 1. The van der Waals surface area contributed by atoms with Gasteiger partial charge >= 0.3 is 0 Å². The Morgan fingerprint density at radius 3 is 2.76 bits per heavy atom. The smallest absolute Gasteiger partial charge is 0.221 e. The summed E-state index contributed by atoms with van der Waals surface area (Å²) in [5, 5.41) is 8.75. The minimum atomic E-state index is 0.00247. The van der Waals surface area contributed by atoms with Gasteiger partial charge in [-0.3, -0.25) is 4.79 Å². The molecule has 3 atom stereocenters. The molecule has 4 heteroatoms. The van der Waals surface area contributed by atoms with Gasteiger partial charge in [-0.15, -0.1) is 11.3 Å². The highest BCUT2D eigenvalue weighted by Crippen LogP contribution is 2.65. The zero-order chi connectivity index (χ0) is 15.3. The standard InChI is InChI=1S/C17H26N2OS/c1-11(20)19-13-6-8-21-14(13)10-18-15-9-12-5-7-17(15,4)16(12,2)3/h6,8,12,15,18H,5,7,9-10H2,1-4H3,(H,19,20). The van der Waals surface area contributed by atoms with Crippen molar-refractivity contribution < 1.29 is 4.79 Å². The van der Waals surface area contributed by atoms with E-state index in [9.17, 15) is 4.79 Å². The molecule has 3 unspecified atom stereocenters. The summed E-state index contributed by atoms with van der Waals surface area (Å²) in [4.78, 5) is 12.5. The van der Waals surface area contributed by atoms with Gasteiger partial charge in [0.15, 0.2) is 0 Å². The molecule has 2 fully saturated rings. The molecule has 2 saturated carbocycles. The Kier molecular flexibility index (Phi) is 3.65. The maximum Gasteiger partial charge on any atom is 0.221 e. The average Bonchev–Trinajstić information content (AvgIpc) is 2.97. The summed E-state index contributed by atoms with van der Waals surface area (Å²) in [5.74, 6) is 0.862. The van der Waals surface area contributed by atoms with Crippen molar-refractivity contribution in [1.29, 1.82) is 0 Å². The number of amides is 1. The summed E-state index contributed by atoms with van der Waals surface area (Å²) in [7, 11) is 0. The van der Waals surface area contributed by atoms with Crippen LogP contribution in [-0.4, -0.2) is 11.9 Å². The van der Waals surface area contributed by atoms with E-state index in [1.165, 1.54) is 24.1 Å². The van der Waals surface area contributed by atoms with E-state index in [1.54, 1.807) is 18.3 Å². The molecule has 2 aliphatic carbocycles. The molecular weight excluding hydrogens is 280 g/mol. The van der Waals surface area contributed by atoms with Crippen LogP contribution in [0.15, 0.2) is 11.4 Å². The van der Waals surface area contributed by atoms with Crippen molar-refractivity contribution in [2.75, 3.05) is 5.32 Å². The molecule has 1 aromatic rings. The van der Waals surface area contributed by atoms with E-state index in [0.717, 1.165) is 18.2 Å². The lowest BCUT2D eigenvalue weighted by Crippen LogP contribution is -2.44. The molecule has 3 nitrogen and oxygen atoms in total. The first-order chi connectivity index (χ1) is 9.84. The molecule has 1 amide bonds. The fourth-order valence-corrected chi connectivity index (χ4v) is 5.29. The van der Waals surface area contributed by atoms with Gasteiger partial charge in [-0.2, -0.15) is 0 Å². The van der Waals surface area contributed by atoms with E-state index in [4.69, 9.17) is 0 Å². The first kappa shape index (κ1) is 15.0. The van der Waals surface area contributed by atoms with E-state index in [2.05, 4.69) is 36.8 Å². The Morgan fingerprint density at radius 2 is 2.19 bits per heavy atom. The van der Waals surface area contributed by atoms with E-state index in [-0.39, 0.29) is 5.91 Å². The normalized spacial score (nSPS) is 33.3. The number of fused-ring (bicyclic) bond motifs is 2. The predicted octanol–water partition coefficient (Wildman–Crippen LogP) is 4.01. The highest BCUT2D eigenvalue weighted by Gasteiger charge is 2.60. The molecule has 0 aromatic carbocycles. The fourth-order valence-electron chi connectivity index (χ4n) is 4.51. The van der Waals surface area contributed by atoms with Crippen molar-refractivity contribution in [3.05, 3.63) is 16.3 Å². The van der Waals surface area contributed by atoms with Gasteiger partial charge in [0.25, 0.3) is 0 Å². The number of carbonyl (C=O) groups is 1. The Balaban J connectivity index is 1.67. The highest BCUT2D eigenvalue weighted by molar-refractivity contribution is 7.10. The van der Waals surface area contributed by atoms with Crippen LogP contribution in [0.1, 0.15) is 51.8 Å². The largest absolute Gasteiger partial charge is 0.325 e. The molecule has 0 spiro atoms. The van der Waals surface area contributed by atoms with Gasteiger partial charge in [0, 0.05) is 24.4 Å². The second kappa shape index (κ2) is 5.10. The number of anilines is 1. The molecule has 0 radical (unpaired) electrons. The van der Waals surface area contributed by atoms with Crippen LogP contribution in [0.4, 0.5) is 5.69 Å². The number of nitrogens with one attached hydrogen (secondary N) is 2. The van der Waals surface area contributed by atoms with E-state index in [0.29, 0.717) is 16.9 Å². The van der Waals surface area contributed by atoms with Gasteiger partial charge in [0.1, 0.15) is 0 Å². The van der Waals surface area contributed by atoms with Crippen molar-refractivity contribution in [3.63, 3.8) is 0 Å². The van der Waals surface area contributed by atoms with Crippen LogP contribution in [0.5, 0.6) is 0 Å². The van der Waals surface area contributed by atoms with Crippen LogP contribution in [0.3, 0.4) is 0 Å². The predicted molar refractivity (Wildman–Crippen MR) is 88.5 cm³/mol. The summed E-state index contributed by atoms with van der Waals surface area (Å²) in [6.07, 6.45) is 4.02. The maximum atomic E-state index is 11.2. The second-order valence-corrected chi connectivity index (χ2v) is 8.48. The minimum Gasteiger partial charge on any atom is -0.325 e. The lowest BCUT2D eigenvalue weighted by atomic mass is 9.69. The number of thiophene rings is 1. The third-order valence-electron chi connectivity index (χ3n) is 6.36. The third-order valence-corrected chi connectivity index (χ3v) is 7.28. The summed E-state index contributed by atoms with van der Waals surface area (Å²) >= 11 is 1.72. The van der Waals surface area contributed by atoms with Crippen molar-refractivity contribution >= 4 is 22.9 Å². The van der Waals surface area contributed by atoms with Crippen molar-refractivity contribution in [2.24, 2.45) is 16.7 Å². The molecule has 2 aliphatic rings. The molecule has 1 heterocycles. The first-order valence-electron chi connectivity index (χ1n) is 7.92. The molecule has 1 aromatic heterocycles. The Bertz CT molecular complexity index is 551. The zero-order valence-electron chi connectivity index (χ0n) is 13.5. The summed E-state index contributed by atoms with van der Waals surface area (Å²) in [6.45, 7) is 9.77.